The van der Waals surface area contributed by atoms with Crippen molar-refractivity contribution in [1.29, 1.82) is 0 Å². The van der Waals surface area contributed by atoms with E-state index in [4.69, 9.17) is 22.8 Å². The van der Waals surface area contributed by atoms with E-state index < -0.39 is 10.0 Å². The zero-order chi connectivity index (χ0) is 26.2. The van der Waals surface area contributed by atoms with Crippen molar-refractivity contribution in [1.82, 2.24) is 14.7 Å². The Morgan fingerprint density at radius 3 is 2.60 bits per heavy atom. The minimum Gasteiger partial charge on any atom is -0.371 e. The Morgan fingerprint density at radius 2 is 2.11 bits per heavy atom. The molecule has 8 heteroatoms. The molecule has 1 fully saturated rings. The summed E-state index contributed by atoms with van der Waals surface area (Å²) in [4.78, 5) is 0. The van der Waals surface area contributed by atoms with Crippen molar-refractivity contribution in [3.8, 4) is 12.3 Å². The van der Waals surface area contributed by atoms with Gasteiger partial charge in [-0.3, -0.25) is 5.01 Å². The van der Waals surface area contributed by atoms with Gasteiger partial charge in [0.1, 0.15) is 0 Å². The third-order valence-corrected chi connectivity index (χ3v) is 7.71. The Balaban J connectivity index is 2.39. The summed E-state index contributed by atoms with van der Waals surface area (Å²) in [6.45, 7) is 11.3. The van der Waals surface area contributed by atoms with Crippen LogP contribution in [-0.4, -0.2) is 56.3 Å². The van der Waals surface area contributed by atoms with Gasteiger partial charge in [-0.05, 0) is 62.5 Å². The van der Waals surface area contributed by atoms with Crippen molar-refractivity contribution in [2.24, 2.45) is 5.92 Å². The second kappa shape index (κ2) is 13.3. The van der Waals surface area contributed by atoms with E-state index in [-0.39, 0.29) is 18.1 Å². The number of ether oxygens (including phenoxy) is 1. The van der Waals surface area contributed by atoms with Gasteiger partial charge in [0.25, 0.3) is 0 Å². The van der Waals surface area contributed by atoms with Crippen molar-refractivity contribution in [2.45, 2.75) is 52.2 Å². The van der Waals surface area contributed by atoms with E-state index in [2.05, 4.69) is 37.0 Å². The standard InChI is InChI=1S/C27H38ClN3O3S/c1-8-11-26(22(9-2)10-3)31(29-6)27(25-13-12-23(28)18-20(25)4)19-21(5)34-24-14-16-30(17-15-24)35(7,32)33/h1,9,11-13,18-19,21,24-25,29H,4,10,14-17H2,2-3,5-7H3/b22-9-,26-11+,27-19-. The number of allylic oxidation sites excluding steroid dienone is 7. The molecule has 1 N–H and O–H groups in total. The van der Waals surface area contributed by atoms with Gasteiger partial charge < -0.3 is 4.74 Å². The lowest BCUT2D eigenvalue weighted by molar-refractivity contribution is -0.00541. The first-order valence-electron chi connectivity index (χ1n) is 11.9. The normalized spacial score (nSPS) is 22.1. The summed E-state index contributed by atoms with van der Waals surface area (Å²) in [5.41, 5.74) is 7.06. The van der Waals surface area contributed by atoms with Crippen LogP contribution in [0.15, 0.2) is 70.6 Å². The maximum Gasteiger partial charge on any atom is 0.211 e. The lowest BCUT2D eigenvalue weighted by atomic mass is 9.90. The fourth-order valence-electron chi connectivity index (χ4n) is 4.42. The predicted molar refractivity (Wildman–Crippen MR) is 146 cm³/mol. The Bertz CT molecular complexity index is 1070. The molecular weight excluding hydrogens is 482 g/mol. The number of hydrogen-bond donors (Lipinski definition) is 1. The molecule has 1 aliphatic carbocycles. The molecule has 2 unspecified atom stereocenters. The van der Waals surface area contributed by atoms with Crippen LogP contribution >= 0.6 is 11.6 Å². The predicted octanol–water partition coefficient (Wildman–Crippen LogP) is 4.87. The molecule has 0 bridgehead atoms. The molecule has 6 nitrogen and oxygen atoms in total. The van der Waals surface area contributed by atoms with Crippen molar-refractivity contribution in [2.75, 3.05) is 26.4 Å². The summed E-state index contributed by atoms with van der Waals surface area (Å²) in [5.74, 6) is 2.53. The van der Waals surface area contributed by atoms with E-state index in [1.807, 2.05) is 44.1 Å². The third-order valence-electron chi connectivity index (χ3n) is 6.17. The third kappa shape index (κ3) is 7.96. The average Bonchev–Trinajstić information content (AvgIpc) is 2.79. The summed E-state index contributed by atoms with van der Waals surface area (Å²) < 4.78 is 31.5. The van der Waals surface area contributed by atoms with Crippen LogP contribution in [0.4, 0.5) is 0 Å². The molecule has 0 aromatic rings. The molecule has 1 heterocycles. The molecule has 0 aromatic heterocycles. The SMILES string of the molecule is C#C/C=C(\C(=C/C)CC)N(NC)/C(=C\C(C)OC1CCN(S(C)(=O)=O)CC1)C1C=CC(Cl)=CC1=C. The summed E-state index contributed by atoms with van der Waals surface area (Å²) in [6.07, 6.45) is 20.5. The molecule has 0 spiro atoms. The average molecular weight is 520 g/mol. The fraction of sp³-hybridized carbons (Fsp3) is 0.481. The maximum atomic E-state index is 11.8. The van der Waals surface area contributed by atoms with Gasteiger partial charge >= 0.3 is 0 Å². The first-order chi connectivity index (χ1) is 16.5. The molecule has 2 atom stereocenters. The zero-order valence-corrected chi connectivity index (χ0v) is 23.0. The number of rotatable bonds is 10. The monoisotopic (exact) mass is 519 g/mol. The number of halogens is 1. The minimum atomic E-state index is -3.18. The van der Waals surface area contributed by atoms with Gasteiger partial charge in [0.05, 0.1) is 24.2 Å². The number of sulfonamides is 1. The van der Waals surface area contributed by atoms with E-state index in [0.717, 1.165) is 29.0 Å². The molecule has 192 valence electrons. The van der Waals surface area contributed by atoms with E-state index >= 15 is 0 Å². The minimum absolute atomic E-state index is 0.0227. The highest BCUT2D eigenvalue weighted by atomic mass is 35.5. The number of hydrogen-bond acceptors (Lipinski definition) is 5. The van der Waals surface area contributed by atoms with Gasteiger partial charge in [-0.2, -0.15) is 0 Å². The topological polar surface area (TPSA) is 61.9 Å². The van der Waals surface area contributed by atoms with Gasteiger partial charge in [-0.15, -0.1) is 6.42 Å². The van der Waals surface area contributed by atoms with Crippen molar-refractivity contribution in [3.63, 3.8) is 0 Å². The van der Waals surface area contributed by atoms with Crippen molar-refractivity contribution < 1.29 is 13.2 Å². The highest BCUT2D eigenvalue weighted by molar-refractivity contribution is 7.88. The molecule has 35 heavy (non-hydrogen) atoms. The smallest absolute Gasteiger partial charge is 0.211 e. The molecule has 0 saturated carbocycles. The number of hydrazine groups is 1. The van der Waals surface area contributed by atoms with Crippen LogP contribution in [0.3, 0.4) is 0 Å². The molecular formula is C27H38ClN3O3S. The Labute approximate surface area is 216 Å². The van der Waals surface area contributed by atoms with Crippen LogP contribution in [0.25, 0.3) is 0 Å². The van der Waals surface area contributed by atoms with E-state index in [1.54, 1.807) is 6.08 Å². The van der Waals surface area contributed by atoms with Gasteiger partial charge in [0.15, 0.2) is 0 Å². The Hall–Kier alpha value is -2.08. The first-order valence-corrected chi connectivity index (χ1v) is 14.1. The largest absolute Gasteiger partial charge is 0.371 e. The highest BCUT2D eigenvalue weighted by Crippen LogP contribution is 2.34. The number of terminal acetylenes is 1. The molecule has 1 aliphatic heterocycles. The fourth-order valence-corrected chi connectivity index (χ4v) is 5.50. The second-order valence-corrected chi connectivity index (χ2v) is 11.1. The lowest BCUT2D eigenvalue weighted by Crippen LogP contribution is -2.41. The van der Waals surface area contributed by atoms with Crippen LogP contribution in [0, 0.1) is 18.3 Å². The van der Waals surface area contributed by atoms with Gasteiger partial charge in [0, 0.05) is 42.9 Å². The van der Waals surface area contributed by atoms with E-state index in [9.17, 15) is 8.42 Å². The van der Waals surface area contributed by atoms with Crippen molar-refractivity contribution >= 4 is 21.6 Å². The molecule has 2 rings (SSSR count). The zero-order valence-electron chi connectivity index (χ0n) is 21.4. The molecule has 0 radical (unpaired) electrons. The summed E-state index contributed by atoms with van der Waals surface area (Å²) >= 11 is 6.23. The molecule has 0 aromatic carbocycles. The summed E-state index contributed by atoms with van der Waals surface area (Å²) in [6, 6.07) is 0. The highest BCUT2D eigenvalue weighted by Gasteiger charge is 2.28. The Morgan fingerprint density at radius 1 is 1.46 bits per heavy atom. The van der Waals surface area contributed by atoms with Gasteiger partial charge in [-0.1, -0.05) is 43.2 Å². The number of nitrogens with one attached hydrogen (secondary N) is 1. The Kier molecular flexibility index (Phi) is 11.1. The molecule has 0 amide bonds. The van der Waals surface area contributed by atoms with E-state index in [0.29, 0.717) is 31.0 Å². The molecule has 1 saturated heterocycles. The maximum absolute atomic E-state index is 11.8. The van der Waals surface area contributed by atoms with E-state index in [1.165, 1.54) is 10.6 Å². The molecule has 2 aliphatic rings. The quantitative estimate of drug-likeness (QED) is 0.253. The van der Waals surface area contributed by atoms with Gasteiger partial charge in [-0.25, -0.2) is 18.1 Å². The summed E-state index contributed by atoms with van der Waals surface area (Å²) in [5, 5.41) is 2.61. The van der Waals surface area contributed by atoms with Gasteiger partial charge in [0.2, 0.25) is 10.0 Å². The van der Waals surface area contributed by atoms with Crippen molar-refractivity contribution in [3.05, 3.63) is 70.6 Å². The first kappa shape index (κ1) is 29.2. The number of piperidine rings is 1. The summed E-state index contributed by atoms with van der Waals surface area (Å²) in [7, 11) is -1.32. The van der Waals surface area contributed by atoms with Crippen LogP contribution in [0.2, 0.25) is 0 Å². The second-order valence-electron chi connectivity index (χ2n) is 8.66. The van der Waals surface area contributed by atoms with Crippen LogP contribution in [0.5, 0.6) is 0 Å². The number of nitrogens with zero attached hydrogens (tertiary/aromatic N) is 2. The van der Waals surface area contributed by atoms with Crippen LogP contribution < -0.4 is 5.43 Å². The van der Waals surface area contributed by atoms with Crippen LogP contribution in [0.1, 0.15) is 40.0 Å². The lowest BCUT2D eigenvalue weighted by Gasteiger charge is -2.36. The van der Waals surface area contributed by atoms with Crippen LogP contribution in [-0.2, 0) is 14.8 Å².